The average molecular weight is 420 g/mol. The second-order valence-corrected chi connectivity index (χ2v) is 9.79. The van der Waals surface area contributed by atoms with Gasteiger partial charge in [-0.05, 0) is 50.4 Å². The summed E-state index contributed by atoms with van der Waals surface area (Å²) in [4.78, 5) is 23.3. The molecule has 1 amide bonds. The van der Waals surface area contributed by atoms with Crippen molar-refractivity contribution < 1.29 is 9.53 Å². The zero-order valence-electron chi connectivity index (χ0n) is 18.8. The number of amides is 1. The standard InChI is InChI=1S/C26H33N3O2/c1-26-17-21-20(16-18-10-5-4-6-11-18)29(23(26)14-8-7-13-22(26)28(21)2)25(30)19-12-9-15-27-24(19)31-3/h4-6,9-12,15,20-23H,7-8,13-14,16-17H2,1-3H3/t20-,21-,22-,23+,26-/m0/s1. The highest BCUT2D eigenvalue weighted by Crippen LogP contribution is 2.55. The van der Waals surface area contributed by atoms with E-state index in [0.717, 1.165) is 12.8 Å². The van der Waals surface area contributed by atoms with Gasteiger partial charge in [0.2, 0.25) is 5.88 Å². The van der Waals surface area contributed by atoms with Gasteiger partial charge >= 0.3 is 0 Å². The number of piperidine rings is 1. The number of nitrogens with zero attached hydrogens (tertiary/aromatic N) is 3. The Morgan fingerprint density at radius 1 is 1.13 bits per heavy atom. The minimum atomic E-state index is 0.0720. The number of methoxy groups -OCH3 is 1. The second kappa shape index (κ2) is 7.94. The van der Waals surface area contributed by atoms with Crippen LogP contribution < -0.4 is 4.74 Å². The molecule has 3 fully saturated rings. The van der Waals surface area contributed by atoms with Crippen LogP contribution in [0.1, 0.15) is 54.9 Å². The first-order valence-electron chi connectivity index (χ1n) is 11.6. The van der Waals surface area contributed by atoms with Gasteiger partial charge in [0.05, 0.1) is 13.2 Å². The van der Waals surface area contributed by atoms with Gasteiger partial charge in [-0.3, -0.25) is 9.69 Å². The molecule has 5 heteroatoms. The molecule has 0 unspecified atom stereocenters. The molecule has 3 aliphatic rings. The molecule has 2 aliphatic heterocycles. The molecule has 31 heavy (non-hydrogen) atoms. The third kappa shape index (κ3) is 3.25. The minimum Gasteiger partial charge on any atom is -0.480 e. The molecule has 5 rings (SSSR count). The Balaban J connectivity index is 1.61. The topological polar surface area (TPSA) is 45.7 Å². The van der Waals surface area contributed by atoms with Crippen molar-refractivity contribution in [1.82, 2.24) is 14.8 Å². The average Bonchev–Trinajstić information content (AvgIpc) is 2.90. The lowest BCUT2D eigenvalue weighted by Crippen LogP contribution is -2.61. The van der Waals surface area contributed by atoms with E-state index in [4.69, 9.17) is 4.74 Å². The van der Waals surface area contributed by atoms with E-state index >= 15 is 0 Å². The SMILES string of the molecule is COc1ncccc1C(=O)N1[C@@H](Cc2ccccc2)[C@@H]2C[C@@]3(C)[C@H](CCCC[C@@H]13)N2C. The molecule has 3 heterocycles. The number of likely N-dealkylation sites (N-methyl/N-ethyl adjacent to an activating group) is 1. The van der Waals surface area contributed by atoms with Crippen molar-refractivity contribution >= 4 is 5.91 Å². The van der Waals surface area contributed by atoms with E-state index in [0.29, 0.717) is 23.5 Å². The predicted molar refractivity (Wildman–Crippen MR) is 121 cm³/mol. The molecule has 0 N–H and O–H groups in total. The molecule has 0 radical (unpaired) electrons. The quantitative estimate of drug-likeness (QED) is 0.746. The lowest BCUT2D eigenvalue weighted by Gasteiger charge is -2.51. The fourth-order valence-corrected chi connectivity index (χ4v) is 6.84. The van der Waals surface area contributed by atoms with Gasteiger partial charge in [0.25, 0.3) is 5.91 Å². The van der Waals surface area contributed by atoms with E-state index in [1.165, 1.54) is 31.2 Å². The molecule has 164 valence electrons. The Morgan fingerprint density at radius 2 is 1.87 bits per heavy atom. The number of carbonyl (C=O) groups is 1. The number of benzene rings is 1. The Kier molecular flexibility index (Phi) is 5.25. The summed E-state index contributed by atoms with van der Waals surface area (Å²) in [6.45, 7) is 2.43. The van der Waals surface area contributed by atoms with E-state index in [1.54, 1.807) is 13.3 Å². The molecule has 5 atom stereocenters. The normalized spacial score (nSPS) is 32.5. The first kappa shape index (κ1) is 20.5. The molecule has 5 nitrogen and oxygen atoms in total. The molecule has 2 saturated heterocycles. The van der Waals surface area contributed by atoms with Crippen molar-refractivity contribution in [2.24, 2.45) is 5.41 Å². The maximum absolute atomic E-state index is 14.1. The lowest BCUT2D eigenvalue weighted by molar-refractivity contribution is 0.00184. The van der Waals surface area contributed by atoms with Gasteiger partial charge in [-0.15, -0.1) is 0 Å². The fraction of sp³-hybridized carbons (Fsp3) is 0.538. The van der Waals surface area contributed by atoms with Gasteiger partial charge in [0, 0.05) is 29.7 Å². The number of hydrogen-bond donors (Lipinski definition) is 0. The number of aromatic nitrogens is 1. The maximum atomic E-state index is 14.1. The van der Waals surface area contributed by atoms with Crippen LogP contribution in [0.15, 0.2) is 48.7 Å². The summed E-state index contributed by atoms with van der Waals surface area (Å²) >= 11 is 0. The predicted octanol–water partition coefficient (Wildman–Crippen LogP) is 4.18. The highest BCUT2D eigenvalue weighted by Gasteiger charge is 2.61. The summed E-state index contributed by atoms with van der Waals surface area (Å²) in [5.41, 5.74) is 2.00. The van der Waals surface area contributed by atoms with Gasteiger partial charge < -0.3 is 9.64 Å². The van der Waals surface area contributed by atoms with Crippen molar-refractivity contribution in [3.8, 4) is 5.88 Å². The van der Waals surface area contributed by atoms with Crippen LogP contribution >= 0.6 is 0 Å². The van der Waals surface area contributed by atoms with E-state index in [9.17, 15) is 4.79 Å². The Morgan fingerprint density at radius 3 is 2.61 bits per heavy atom. The van der Waals surface area contributed by atoms with E-state index in [1.807, 2.05) is 12.1 Å². The first-order valence-corrected chi connectivity index (χ1v) is 11.6. The van der Waals surface area contributed by atoms with Crippen LogP contribution in [0.4, 0.5) is 0 Å². The van der Waals surface area contributed by atoms with E-state index < -0.39 is 0 Å². The Labute approximate surface area is 185 Å². The number of carbonyl (C=O) groups excluding carboxylic acids is 1. The van der Waals surface area contributed by atoms with Crippen LogP contribution in [0.3, 0.4) is 0 Å². The van der Waals surface area contributed by atoms with Crippen molar-refractivity contribution in [3.63, 3.8) is 0 Å². The zero-order valence-corrected chi connectivity index (χ0v) is 18.8. The van der Waals surface area contributed by atoms with Crippen molar-refractivity contribution in [2.75, 3.05) is 14.2 Å². The third-order valence-electron chi connectivity index (χ3n) is 8.25. The highest BCUT2D eigenvalue weighted by atomic mass is 16.5. The van der Waals surface area contributed by atoms with Gasteiger partial charge in [0.1, 0.15) is 5.56 Å². The molecule has 1 saturated carbocycles. The molecule has 2 aromatic rings. The molecular formula is C26H33N3O2. The number of likely N-dealkylation sites (tertiary alicyclic amines) is 2. The number of rotatable bonds is 4. The summed E-state index contributed by atoms with van der Waals surface area (Å²) in [6, 6.07) is 15.6. The van der Waals surface area contributed by atoms with Crippen LogP contribution in [0.25, 0.3) is 0 Å². The van der Waals surface area contributed by atoms with Crippen LogP contribution in [-0.2, 0) is 6.42 Å². The fourth-order valence-electron chi connectivity index (χ4n) is 6.84. The minimum absolute atomic E-state index is 0.0720. The highest BCUT2D eigenvalue weighted by molar-refractivity contribution is 5.97. The molecule has 2 bridgehead atoms. The zero-order chi connectivity index (χ0) is 21.6. The number of fused-ring (bicyclic) bond motifs is 1. The number of hydrogen-bond acceptors (Lipinski definition) is 4. The Hall–Kier alpha value is -2.40. The smallest absolute Gasteiger partial charge is 0.259 e. The van der Waals surface area contributed by atoms with Crippen LogP contribution in [0, 0.1) is 5.41 Å². The van der Waals surface area contributed by atoms with E-state index in [-0.39, 0.29) is 23.4 Å². The monoisotopic (exact) mass is 419 g/mol. The summed E-state index contributed by atoms with van der Waals surface area (Å²) in [5.74, 6) is 0.496. The molecule has 0 spiro atoms. The summed E-state index contributed by atoms with van der Waals surface area (Å²) in [6.07, 6.45) is 8.47. The molecule has 1 aromatic carbocycles. The van der Waals surface area contributed by atoms with Gasteiger partial charge in [-0.25, -0.2) is 4.98 Å². The largest absolute Gasteiger partial charge is 0.480 e. The second-order valence-electron chi connectivity index (χ2n) is 9.79. The van der Waals surface area contributed by atoms with Crippen molar-refractivity contribution in [1.29, 1.82) is 0 Å². The molecule has 1 aromatic heterocycles. The molecular weight excluding hydrogens is 386 g/mol. The third-order valence-corrected chi connectivity index (χ3v) is 8.25. The van der Waals surface area contributed by atoms with E-state index in [2.05, 4.69) is 59.1 Å². The van der Waals surface area contributed by atoms with Gasteiger partial charge in [0.15, 0.2) is 0 Å². The maximum Gasteiger partial charge on any atom is 0.259 e. The van der Waals surface area contributed by atoms with Crippen LogP contribution in [0.2, 0.25) is 0 Å². The van der Waals surface area contributed by atoms with Crippen LogP contribution in [0.5, 0.6) is 5.88 Å². The van der Waals surface area contributed by atoms with Crippen molar-refractivity contribution in [2.45, 2.75) is 69.6 Å². The van der Waals surface area contributed by atoms with Crippen molar-refractivity contribution in [3.05, 3.63) is 59.8 Å². The number of pyridine rings is 1. The molecule has 1 aliphatic carbocycles. The van der Waals surface area contributed by atoms with Gasteiger partial charge in [-0.1, -0.05) is 50.1 Å². The first-order chi connectivity index (χ1) is 15.0. The lowest BCUT2D eigenvalue weighted by atomic mass is 9.69. The summed E-state index contributed by atoms with van der Waals surface area (Å²) in [7, 11) is 3.89. The van der Waals surface area contributed by atoms with Gasteiger partial charge in [-0.2, -0.15) is 0 Å². The summed E-state index contributed by atoms with van der Waals surface area (Å²) < 4.78 is 5.49. The summed E-state index contributed by atoms with van der Waals surface area (Å²) in [5, 5.41) is 0. The Bertz CT molecular complexity index is 949. The van der Waals surface area contributed by atoms with Crippen LogP contribution in [-0.4, -0.2) is 59.0 Å². The number of ether oxygens (including phenoxy) is 1.